The predicted molar refractivity (Wildman–Crippen MR) is 96.6 cm³/mol. The third-order valence-corrected chi connectivity index (χ3v) is 3.65. The first-order valence-corrected chi connectivity index (χ1v) is 7.56. The Morgan fingerprint density at radius 3 is 2.92 bits per heavy atom. The van der Waals surface area contributed by atoms with Crippen molar-refractivity contribution >= 4 is 28.4 Å². The minimum atomic E-state index is -0.440. The van der Waals surface area contributed by atoms with Crippen LogP contribution in [0, 0.1) is 28.4 Å². The maximum atomic E-state index is 10.8. The first kappa shape index (κ1) is 16.1. The largest absolute Gasteiger partial charge is 0.337 e. The number of hydrogen-bond acceptors (Lipinski definition) is 4. The average Bonchev–Trinajstić information content (AvgIpc) is 3.01. The van der Waals surface area contributed by atoms with E-state index in [0.717, 1.165) is 16.6 Å². The lowest BCUT2D eigenvalue weighted by molar-refractivity contribution is -0.384. The van der Waals surface area contributed by atoms with E-state index in [1.54, 1.807) is 30.4 Å². The van der Waals surface area contributed by atoms with Crippen LogP contribution in [0.15, 0.2) is 54.6 Å². The molecule has 1 aromatic heterocycles. The Balaban J connectivity index is 1.88. The molecule has 122 valence electrons. The van der Waals surface area contributed by atoms with Crippen molar-refractivity contribution in [3.63, 3.8) is 0 Å². The third-order valence-electron chi connectivity index (χ3n) is 3.65. The Kier molecular flexibility index (Phi) is 4.40. The molecular formula is C19H14N4O2. The predicted octanol–water partition coefficient (Wildman–Crippen LogP) is 4.40. The number of non-ortho nitro benzene ring substituents is 1. The van der Waals surface area contributed by atoms with Crippen molar-refractivity contribution in [2.45, 2.75) is 6.92 Å². The van der Waals surface area contributed by atoms with Crippen molar-refractivity contribution in [3.8, 4) is 6.07 Å². The van der Waals surface area contributed by atoms with E-state index in [-0.39, 0.29) is 5.69 Å². The molecule has 0 saturated carbocycles. The number of hydrogen-bond donors (Lipinski definition) is 1. The van der Waals surface area contributed by atoms with E-state index in [1.165, 1.54) is 12.1 Å². The fourth-order valence-corrected chi connectivity index (χ4v) is 2.42. The second-order valence-corrected chi connectivity index (χ2v) is 5.51. The topological polar surface area (TPSA) is 95.6 Å². The number of aromatic amines is 1. The molecule has 3 aromatic rings. The molecule has 0 fully saturated rings. The molecule has 0 amide bonds. The van der Waals surface area contributed by atoms with Gasteiger partial charge in [-0.15, -0.1) is 0 Å². The number of nitrogens with one attached hydrogen (secondary N) is 1. The van der Waals surface area contributed by atoms with E-state index in [9.17, 15) is 15.4 Å². The Labute approximate surface area is 143 Å². The van der Waals surface area contributed by atoms with Crippen LogP contribution in [0.3, 0.4) is 0 Å². The van der Waals surface area contributed by atoms with Gasteiger partial charge in [0.2, 0.25) is 0 Å². The highest BCUT2D eigenvalue weighted by atomic mass is 16.6. The normalized spacial score (nSPS) is 11.8. The van der Waals surface area contributed by atoms with E-state index < -0.39 is 4.92 Å². The molecule has 0 radical (unpaired) electrons. The quantitative estimate of drug-likeness (QED) is 0.332. The lowest BCUT2D eigenvalue weighted by atomic mass is 10.1. The molecular weight excluding hydrogens is 316 g/mol. The molecule has 1 N–H and O–H groups in total. The number of nitro benzene ring substituents is 1. The van der Waals surface area contributed by atoms with E-state index >= 15 is 0 Å². The molecule has 0 aliphatic heterocycles. The van der Waals surface area contributed by atoms with E-state index in [0.29, 0.717) is 17.0 Å². The van der Waals surface area contributed by atoms with Gasteiger partial charge in [-0.25, -0.2) is 4.98 Å². The van der Waals surface area contributed by atoms with Gasteiger partial charge in [0.1, 0.15) is 11.9 Å². The molecule has 6 heteroatoms. The monoisotopic (exact) mass is 330 g/mol. The number of imidazole rings is 1. The van der Waals surface area contributed by atoms with Crippen LogP contribution in [0.1, 0.15) is 17.0 Å². The number of nitriles is 1. The zero-order valence-corrected chi connectivity index (χ0v) is 13.4. The van der Waals surface area contributed by atoms with Gasteiger partial charge >= 0.3 is 0 Å². The van der Waals surface area contributed by atoms with Crippen LogP contribution >= 0.6 is 0 Å². The van der Waals surface area contributed by atoms with E-state index in [4.69, 9.17) is 0 Å². The van der Waals surface area contributed by atoms with Gasteiger partial charge in [0.25, 0.3) is 5.69 Å². The van der Waals surface area contributed by atoms with Crippen LogP contribution in [0.5, 0.6) is 0 Å². The maximum Gasteiger partial charge on any atom is 0.270 e. The van der Waals surface area contributed by atoms with Gasteiger partial charge in [-0.05, 0) is 36.3 Å². The smallest absolute Gasteiger partial charge is 0.270 e. The summed E-state index contributed by atoms with van der Waals surface area (Å²) in [6, 6.07) is 14.2. The Morgan fingerprint density at radius 2 is 2.16 bits per heavy atom. The average molecular weight is 330 g/mol. The minimum Gasteiger partial charge on any atom is -0.337 e. The molecule has 6 nitrogen and oxygen atoms in total. The highest BCUT2D eigenvalue weighted by molar-refractivity contribution is 5.83. The number of allylic oxidation sites excluding steroid dienone is 3. The van der Waals surface area contributed by atoms with Gasteiger partial charge in [-0.1, -0.05) is 30.4 Å². The number of aromatic nitrogens is 2. The molecule has 3 rings (SSSR count). The third kappa shape index (κ3) is 3.62. The number of H-pyrrole nitrogens is 1. The van der Waals surface area contributed by atoms with Crippen LogP contribution < -0.4 is 0 Å². The van der Waals surface area contributed by atoms with Crippen molar-refractivity contribution < 1.29 is 4.92 Å². The molecule has 0 saturated heterocycles. The molecule has 25 heavy (non-hydrogen) atoms. The summed E-state index contributed by atoms with van der Waals surface area (Å²) in [4.78, 5) is 17.9. The minimum absolute atomic E-state index is 0.0271. The van der Waals surface area contributed by atoms with Gasteiger partial charge in [0.15, 0.2) is 0 Å². The Morgan fingerprint density at radius 1 is 1.32 bits per heavy atom. The van der Waals surface area contributed by atoms with Crippen molar-refractivity contribution in [2.75, 3.05) is 0 Å². The number of benzene rings is 2. The van der Waals surface area contributed by atoms with Crippen molar-refractivity contribution in [3.05, 3.63) is 81.7 Å². The molecule has 1 heterocycles. The number of aryl methyl sites for hydroxylation is 1. The Bertz CT molecular complexity index is 1050. The van der Waals surface area contributed by atoms with E-state index in [1.807, 2.05) is 25.1 Å². The lowest BCUT2D eigenvalue weighted by Crippen LogP contribution is -1.87. The van der Waals surface area contributed by atoms with Crippen LogP contribution in [0.2, 0.25) is 0 Å². The summed E-state index contributed by atoms with van der Waals surface area (Å²) in [5, 5.41) is 20.2. The first-order chi connectivity index (χ1) is 12.1. The van der Waals surface area contributed by atoms with Gasteiger partial charge in [-0.2, -0.15) is 5.26 Å². The zero-order valence-electron chi connectivity index (χ0n) is 13.4. The van der Waals surface area contributed by atoms with Gasteiger partial charge in [0.05, 0.1) is 21.5 Å². The van der Waals surface area contributed by atoms with Gasteiger partial charge in [-0.3, -0.25) is 10.1 Å². The Hall–Kier alpha value is -3.72. The summed E-state index contributed by atoms with van der Waals surface area (Å²) in [6.45, 7) is 1.99. The zero-order chi connectivity index (χ0) is 17.8. The molecule has 0 aliphatic carbocycles. The van der Waals surface area contributed by atoms with E-state index in [2.05, 4.69) is 16.0 Å². The molecule has 0 aliphatic rings. The molecule has 0 atom stereocenters. The fourth-order valence-electron chi connectivity index (χ4n) is 2.42. The summed E-state index contributed by atoms with van der Waals surface area (Å²) < 4.78 is 0. The van der Waals surface area contributed by atoms with Crippen LogP contribution in [-0.2, 0) is 0 Å². The summed E-state index contributed by atoms with van der Waals surface area (Å²) in [6.07, 6.45) is 5.01. The molecule has 0 spiro atoms. The maximum absolute atomic E-state index is 10.8. The number of nitro groups is 1. The number of fused-ring (bicyclic) bond motifs is 1. The highest BCUT2D eigenvalue weighted by Gasteiger charge is 2.07. The van der Waals surface area contributed by atoms with Crippen molar-refractivity contribution in [2.24, 2.45) is 0 Å². The van der Waals surface area contributed by atoms with Gasteiger partial charge in [0, 0.05) is 12.1 Å². The molecule has 0 unspecified atom stereocenters. The summed E-state index contributed by atoms with van der Waals surface area (Å²) in [5.41, 5.74) is 3.87. The summed E-state index contributed by atoms with van der Waals surface area (Å²) >= 11 is 0. The SMILES string of the molecule is Cc1ccc2nc(/C(C#N)=C/C=C/c3cccc([N+](=O)[O-])c3)[nH]c2c1. The summed E-state index contributed by atoms with van der Waals surface area (Å²) in [7, 11) is 0. The fraction of sp³-hybridized carbons (Fsp3) is 0.0526. The second-order valence-electron chi connectivity index (χ2n) is 5.51. The number of nitrogens with zero attached hydrogens (tertiary/aromatic N) is 3. The second kappa shape index (κ2) is 6.81. The van der Waals surface area contributed by atoms with Crippen LogP contribution in [0.25, 0.3) is 22.7 Å². The van der Waals surface area contributed by atoms with Crippen molar-refractivity contribution in [1.82, 2.24) is 9.97 Å². The van der Waals surface area contributed by atoms with Crippen molar-refractivity contribution in [1.29, 1.82) is 5.26 Å². The number of rotatable bonds is 4. The highest BCUT2D eigenvalue weighted by Crippen LogP contribution is 2.19. The molecule has 0 bridgehead atoms. The first-order valence-electron chi connectivity index (χ1n) is 7.56. The lowest BCUT2D eigenvalue weighted by Gasteiger charge is -1.94. The van der Waals surface area contributed by atoms with Crippen LogP contribution in [-0.4, -0.2) is 14.9 Å². The molecule has 2 aromatic carbocycles. The van der Waals surface area contributed by atoms with Gasteiger partial charge < -0.3 is 4.98 Å². The summed E-state index contributed by atoms with van der Waals surface area (Å²) in [5.74, 6) is 0.492. The van der Waals surface area contributed by atoms with Crippen LogP contribution in [0.4, 0.5) is 5.69 Å². The standard InChI is InChI=1S/C19H14N4O2/c1-13-8-9-17-18(10-13)22-19(21-17)15(12-20)6-2-4-14-5-3-7-16(11-14)23(24)25/h2-11H,1H3,(H,21,22)/b4-2+,15-6+.